The number of benzene rings is 1. The first kappa shape index (κ1) is 18.5. The quantitative estimate of drug-likeness (QED) is 0.578. The van der Waals surface area contributed by atoms with Crippen LogP contribution >= 0.6 is 0 Å². The van der Waals surface area contributed by atoms with Gasteiger partial charge in [-0.05, 0) is 30.3 Å². The summed E-state index contributed by atoms with van der Waals surface area (Å²) < 4.78 is 6.90. The maximum absolute atomic E-state index is 12.6. The van der Waals surface area contributed by atoms with Gasteiger partial charge in [0, 0.05) is 37.7 Å². The summed E-state index contributed by atoms with van der Waals surface area (Å²) in [6.45, 7) is 1.41. The summed E-state index contributed by atoms with van der Waals surface area (Å²) in [6.07, 6.45) is 8.67. The zero-order chi connectivity index (χ0) is 18.9. The van der Waals surface area contributed by atoms with E-state index in [1.54, 1.807) is 41.2 Å². The lowest BCUT2D eigenvalue weighted by molar-refractivity contribution is -0.127. The molecule has 3 rings (SSSR count). The van der Waals surface area contributed by atoms with Crippen LogP contribution < -0.4 is 0 Å². The highest BCUT2D eigenvalue weighted by Gasteiger charge is 2.12. The first-order valence-electron chi connectivity index (χ1n) is 8.72. The molecule has 27 heavy (non-hydrogen) atoms. The number of nitrogens with zero attached hydrogens (tertiary/aromatic N) is 4. The fourth-order valence-electron chi connectivity index (χ4n) is 2.57. The molecule has 2 heterocycles. The molecule has 1 aromatic carbocycles. The molecule has 0 atom stereocenters. The monoisotopic (exact) mass is 362 g/mol. The molecule has 0 fully saturated rings. The zero-order valence-corrected chi connectivity index (χ0v) is 15.2. The third-order valence-corrected chi connectivity index (χ3v) is 4.00. The van der Waals surface area contributed by atoms with Crippen molar-refractivity contribution in [2.45, 2.75) is 6.54 Å². The lowest BCUT2D eigenvalue weighted by Crippen LogP contribution is -2.32. The molecule has 0 saturated carbocycles. The van der Waals surface area contributed by atoms with Crippen molar-refractivity contribution < 1.29 is 9.53 Å². The third kappa shape index (κ3) is 5.36. The molecule has 3 aromatic rings. The zero-order valence-electron chi connectivity index (χ0n) is 15.2. The van der Waals surface area contributed by atoms with Crippen molar-refractivity contribution in [3.63, 3.8) is 0 Å². The molecule has 0 aliphatic rings. The van der Waals surface area contributed by atoms with E-state index in [0.29, 0.717) is 19.7 Å². The van der Waals surface area contributed by atoms with E-state index in [0.717, 1.165) is 16.9 Å². The molecular formula is C21H22N4O2. The molecule has 2 aromatic heterocycles. The Morgan fingerprint density at radius 2 is 2.00 bits per heavy atom. The van der Waals surface area contributed by atoms with Crippen molar-refractivity contribution in [1.82, 2.24) is 19.7 Å². The Bertz CT molecular complexity index is 875. The van der Waals surface area contributed by atoms with E-state index >= 15 is 0 Å². The molecule has 0 saturated heterocycles. The van der Waals surface area contributed by atoms with Crippen LogP contribution in [0.25, 0.3) is 11.8 Å². The lowest BCUT2D eigenvalue weighted by atomic mass is 10.3. The summed E-state index contributed by atoms with van der Waals surface area (Å²) in [5.74, 6) is -0.0924. The van der Waals surface area contributed by atoms with Gasteiger partial charge in [-0.25, -0.2) is 4.68 Å². The molecule has 1 amide bonds. The number of para-hydroxylation sites is 1. The van der Waals surface area contributed by atoms with Gasteiger partial charge in [0.05, 0.1) is 30.7 Å². The highest BCUT2D eigenvalue weighted by molar-refractivity contribution is 5.91. The van der Waals surface area contributed by atoms with E-state index in [2.05, 4.69) is 10.1 Å². The molecule has 0 aliphatic heterocycles. The van der Waals surface area contributed by atoms with Gasteiger partial charge in [0.1, 0.15) is 0 Å². The van der Waals surface area contributed by atoms with Gasteiger partial charge in [0.25, 0.3) is 0 Å². The molecule has 0 aliphatic carbocycles. The maximum Gasteiger partial charge on any atom is 0.247 e. The van der Waals surface area contributed by atoms with Crippen LogP contribution in [0.3, 0.4) is 0 Å². The van der Waals surface area contributed by atoms with Gasteiger partial charge in [-0.2, -0.15) is 5.10 Å². The largest absolute Gasteiger partial charge is 0.383 e. The number of carbonyl (C=O) groups excluding carboxylic acids is 1. The summed E-state index contributed by atoms with van der Waals surface area (Å²) >= 11 is 0. The van der Waals surface area contributed by atoms with Crippen LogP contribution in [0, 0.1) is 0 Å². The van der Waals surface area contributed by atoms with Crippen LogP contribution in [-0.4, -0.2) is 45.8 Å². The normalized spacial score (nSPS) is 11.0. The smallest absolute Gasteiger partial charge is 0.247 e. The van der Waals surface area contributed by atoms with Crippen LogP contribution in [0.15, 0.2) is 73.2 Å². The van der Waals surface area contributed by atoms with E-state index in [9.17, 15) is 4.79 Å². The summed E-state index contributed by atoms with van der Waals surface area (Å²) in [6, 6.07) is 15.5. The average Bonchev–Trinajstić information content (AvgIpc) is 3.20. The number of hydrogen-bond acceptors (Lipinski definition) is 4. The third-order valence-electron chi connectivity index (χ3n) is 4.00. The minimum atomic E-state index is -0.0924. The highest BCUT2D eigenvalue weighted by Crippen LogP contribution is 2.09. The van der Waals surface area contributed by atoms with Crippen molar-refractivity contribution in [3.8, 4) is 5.69 Å². The molecular weight excluding hydrogens is 340 g/mol. The predicted molar refractivity (Wildman–Crippen MR) is 104 cm³/mol. The molecule has 0 bridgehead atoms. The van der Waals surface area contributed by atoms with E-state index in [1.807, 2.05) is 54.7 Å². The Balaban J connectivity index is 1.68. The van der Waals surface area contributed by atoms with E-state index < -0.39 is 0 Å². The molecule has 0 N–H and O–H groups in total. The average molecular weight is 362 g/mol. The van der Waals surface area contributed by atoms with Crippen LogP contribution in [0.2, 0.25) is 0 Å². The topological polar surface area (TPSA) is 60.2 Å². The fourth-order valence-corrected chi connectivity index (χ4v) is 2.57. The van der Waals surface area contributed by atoms with Crippen LogP contribution in [0.4, 0.5) is 0 Å². The van der Waals surface area contributed by atoms with Crippen LogP contribution in [0.5, 0.6) is 0 Å². The number of methoxy groups -OCH3 is 1. The van der Waals surface area contributed by atoms with Crippen LogP contribution in [-0.2, 0) is 16.1 Å². The molecule has 138 valence electrons. The van der Waals surface area contributed by atoms with Gasteiger partial charge in [-0.3, -0.25) is 9.78 Å². The van der Waals surface area contributed by atoms with Gasteiger partial charge in [-0.15, -0.1) is 0 Å². The SMILES string of the molecule is COCCN(Cc1ccccn1)C(=O)C=Cc1cnn(-c2ccccc2)c1. The van der Waals surface area contributed by atoms with Gasteiger partial charge >= 0.3 is 0 Å². The number of amides is 1. The number of ether oxygens (including phenoxy) is 1. The minimum absolute atomic E-state index is 0.0924. The van der Waals surface area contributed by atoms with Crippen molar-refractivity contribution in [1.29, 1.82) is 0 Å². The number of pyridine rings is 1. The maximum atomic E-state index is 12.6. The van der Waals surface area contributed by atoms with Gasteiger partial charge in [-0.1, -0.05) is 24.3 Å². The van der Waals surface area contributed by atoms with Crippen LogP contribution in [0.1, 0.15) is 11.3 Å². The molecule has 6 heteroatoms. The Kier molecular flexibility index (Phi) is 6.49. The molecule has 6 nitrogen and oxygen atoms in total. The van der Waals surface area contributed by atoms with Crippen molar-refractivity contribution >= 4 is 12.0 Å². The van der Waals surface area contributed by atoms with Crippen molar-refractivity contribution in [3.05, 3.63) is 84.5 Å². The summed E-state index contributed by atoms with van der Waals surface area (Å²) in [5, 5.41) is 4.34. The lowest BCUT2D eigenvalue weighted by Gasteiger charge is -2.20. The molecule has 0 unspecified atom stereocenters. The van der Waals surface area contributed by atoms with E-state index in [-0.39, 0.29) is 5.91 Å². The standard InChI is InChI=1S/C21H22N4O2/c1-27-14-13-24(17-19-7-5-6-12-22-19)21(26)11-10-18-15-23-25(16-18)20-8-3-2-4-9-20/h2-12,15-16H,13-14,17H2,1H3. The van der Waals surface area contributed by atoms with E-state index in [1.165, 1.54) is 0 Å². The van der Waals surface area contributed by atoms with Gasteiger partial charge in [0.15, 0.2) is 0 Å². The van der Waals surface area contributed by atoms with Crippen molar-refractivity contribution in [2.75, 3.05) is 20.3 Å². The molecule has 0 radical (unpaired) electrons. The predicted octanol–water partition coefficient (Wildman–Crippen LogP) is 2.96. The van der Waals surface area contributed by atoms with E-state index in [4.69, 9.17) is 4.74 Å². The first-order valence-corrected chi connectivity index (χ1v) is 8.72. The Morgan fingerprint density at radius 3 is 2.74 bits per heavy atom. The highest BCUT2D eigenvalue weighted by atomic mass is 16.5. The molecule has 0 spiro atoms. The number of carbonyl (C=O) groups is 1. The Hall–Kier alpha value is -3.25. The van der Waals surface area contributed by atoms with Crippen molar-refractivity contribution in [2.24, 2.45) is 0 Å². The number of aromatic nitrogens is 3. The minimum Gasteiger partial charge on any atom is -0.383 e. The second kappa shape index (κ2) is 9.45. The van der Waals surface area contributed by atoms with Gasteiger partial charge < -0.3 is 9.64 Å². The van der Waals surface area contributed by atoms with Gasteiger partial charge in [0.2, 0.25) is 5.91 Å². The number of hydrogen-bond donors (Lipinski definition) is 0. The summed E-state index contributed by atoms with van der Waals surface area (Å²) in [5.41, 5.74) is 2.67. The Morgan fingerprint density at radius 1 is 1.19 bits per heavy atom. The summed E-state index contributed by atoms with van der Waals surface area (Å²) in [7, 11) is 1.62. The Labute approximate surface area is 158 Å². The second-order valence-electron chi connectivity index (χ2n) is 5.96. The fraction of sp³-hybridized carbons (Fsp3) is 0.190. The second-order valence-corrected chi connectivity index (χ2v) is 5.96. The number of rotatable bonds is 8. The first-order chi connectivity index (χ1) is 13.3. The summed E-state index contributed by atoms with van der Waals surface area (Å²) in [4.78, 5) is 18.6.